The number of fused-ring (bicyclic) bond motifs is 1. The van der Waals surface area contributed by atoms with Crippen LogP contribution in [0.5, 0.6) is 0 Å². The van der Waals surface area contributed by atoms with Gasteiger partial charge in [0.25, 0.3) is 0 Å². The van der Waals surface area contributed by atoms with Crippen molar-refractivity contribution >= 4 is 29.4 Å². The van der Waals surface area contributed by atoms with Crippen LogP contribution in [0.3, 0.4) is 0 Å². The molecule has 0 bridgehead atoms. The smallest absolute Gasteiger partial charge is 0.340 e. The molecular formula is C19H20N2O5. The molecule has 7 nitrogen and oxygen atoms in total. The van der Waals surface area contributed by atoms with Crippen molar-refractivity contribution in [3.8, 4) is 0 Å². The van der Waals surface area contributed by atoms with Gasteiger partial charge in [0, 0.05) is 0 Å². The maximum absolute atomic E-state index is 12.4. The van der Waals surface area contributed by atoms with Gasteiger partial charge in [-0.3, -0.25) is 19.3 Å². The third-order valence-corrected chi connectivity index (χ3v) is 4.60. The average molecular weight is 356 g/mol. The lowest BCUT2D eigenvalue weighted by molar-refractivity contribution is -0.142. The summed E-state index contributed by atoms with van der Waals surface area (Å²) in [5, 5.41) is 2.60. The summed E-state index contributed by atoms with van der Waals surface area (Å²) < 4.78 is 4.97. The van der Waals surface area contributed by atoms with Crippen molar-refractivity contribution in [1.29, 1.82) is 0 Å². The summed E-state index contributed by atoms with van der Waals surface area (Å²) in [6, 6.07) is 6.44. The van der Waals surface area contributed by atoms with Crippen molar-refractivity contribution in [3.05, 3.63) is 42.0 Å². The molecule has 0 spiro atoms. The highest BCUT2D eigenvalue weighted by molar-refractivity contribution is 6.09. The van der Waals surface area contributed by atoms with E-state index < -0.39 is 11.9 Å². The maximum Gasteiger partial charge on any atom is 0.340 e. The fourth-order valence-electron chi connectivity index (χ4n) is 3.34. The topological polar surface area (TPSA) is 92.8 Å². The van der Waals surface area contributed by atoms with E-state index in [1.54, 1.807) is 31.2 Å². The van der Waals surface area contributed by atoms with Gasteiger partial charge in [-0.15, -0.1) is 0 Å². The molecule has 1 saturated heterocycles. The number of anilines is 1. The maximum atomic E-state index is 12.4. The molecule has 0 saturated carbocycles. The lowest BCUT2D eigenvalue weighted by Crippen LogP contribution is -2.38. The second-order valence-electron chi connectivity index (χ2n) is 6.23. The van der Waals surface area contributed by atoms with Crippen molar-refractivity contribution in [2.45, 2.75) is 19.8 Å². The fraction of sp³-hybridized carbons (Fsp3) is 0.368. The molecule has 3 rings (SSSR count). The van der Waals surface area contributed by atoms with Crippen LogP contribution in [-0.4, -0.2) is 41.7 Å². The Morgan fingerprint density at radius 3 is 2.35 bits per heavy atom. The highest BCUT2D eigenvalue weighted by Gasteiger charge is 2.47. The average Bonchev–Trinajstić information content (AvgIpc) is 2.88. The molecule has 1 fully saturated rings. The number of likely N-dealkylation sites (tertiary alicyclic amines) is 1. The standard InChI is InChI=1S/C19H20N2O5/c1-2-26-19(25)14-9-5-6-10-15(14)20-16(22)11-21-17(23)12-7-3-4-8-13(12)18(21)24/h3-6,9-10,12-13H,2,7-8,11H2,1H3,(H,20,22)/t12-,13-/m0/s1. The van der Waals surface area contributed by atoms with Crippen LogP contribution in [0.2, 0.25) is 0 Å². The number of para-hydroxylation sites is 1. The first kappa shape index (κ1) is 17.8. The van der Waals surface area contributed by atoms with E-state index in [1.165, 1.54) is 0 Å². The van der Waals surface area contributed by atoms with Gasteiger partial charge in [0.1, 0.15) is 6.54 Å². The molecule has 1 aromatic rings. The number of ether oxygens (including phenoxy) is 1. The normalized spacial score (nSPS) is 21.5. The van der Waals surface area contributed by atoms with E-state index in [0.29, 0.717) is 12.8 Å². The number of allylic oxidation sites excluding steroid dienone is 2. The van der Waals surface area contributed by atoms with Crippen molar-refractivity contribution in [2.24, 2.45) is 11.8 Å². The number of amides is 3. The summed E-state index contributed by atoms with van der Waals surface area (Å²) in [6.07, 6.45) is 4.84. The monoisotopic (exact) mass is 356 g/mol. The predicted octanol–water partition coefficient (Wildman–Crippen LogP) is 1.75. The summed E-state index contributed by atoms with van der Waals surface area (Å²) in [5.41, 5.74) is 0.508. The number of carbonyl (C=O) groups excluding carboxylic acids is 4. The van der Waals surface area contributed by atoms with Gasteiger partial charge in [0.05, 0.1) is 29.7 Å². The SMILES string of the molecule is CCOC(=O)c1ccccc1NC(=O)CN1C(=O)[C@H]2CC=CC[C@@H]2C1=O. The molecule has 136 valence electrons. The molecule has 2 aliphatic rings. The van der Waals surface area contributed by atoms with Gasteiger partial charge in [-0.25, -0.2) is 4.79 Å². The van der Waals surface area contributed by atoms with E-state index in [9.17, 15) is 19.2 Å². The first-order valence-corrected chi connectivity index (χ1v) is 8.59. The molecule has 3 amide bonds. The number of benzene rings is 1. The third-order valence-electron chi connectivity index (χ3n) is 4.60. The van der Waals surface area contributed by atoms with Crippen LogP contribution in [0.4, 0.5) is 5.69 Å². The Bertz CT molecular complexity index is 760. The van der Waals surface area contributed by atoms with Gasteiger partial charge in [0.2, 0.25) is 17.7 Å². The number of hydrogen-bond donors (Lipinski definition) is 1. The molecule has 7 heteroatoms. The lowest BCUT2D eigenvalue weighted by atomic mass is 9.85. The minimum absolute atomic E-state index is 0.217. The molecule has 1 aliphatic heterocycles. The van der Waals surface area contributed by atoms with Crippen LogP contribution in [0.1, 0.15) is 30.1 Å². The van der Waals surface area contributed by atoms with Crippen molar-refractivity contribution < 1.29 is 23.9 Å². The molecule has 0 radical (unpaired) electrons. The van der Waals surface area contributed by atoms with Crippen LogP contribution in [0.25, 0.3) is 0 Å². The van der Waals surface area contributed by atoms with E-state index >= 15 is 0 Å². The van der Waals surface area contributed by atoms with E-state index in [0.717, 1.165) is 4.90 Å². The fourth-order valence-corrected chi connectivity index (χ4v) is 3.34. The molecular weight excluding hydrogens is 336 g/mol. The molecule has 1 N–H and O–H groups in total. The Labute approximate surface area is 151 Å². The number of rotatable bonds is 5. The highest BCUT2D eigenvalue weighted by Crippen LogP contribution is 2.34. The van der Waals surface area contributed by atoms with Gasteiger partial charge in [-0.2, -0.15) is 0 Å². The first-order chi connectivity index (χ1) is 12.5. The molecule has 1 aliphatic carbocycles. The summed E-state index contributed by atoms with van der Waals surface area (Å²) in [6.45, 7) is 1.55. The zero-order valence-corrected chi connectivity index (χ0v) is 14.4. The first-order valence-electron chi connectivity index (χ1n) is 8.59. The van der Waals surface area contributed by atoms with Gasteiger partial charge in [-0.05, 0) is 31.9 Å². The predicted molar refractivity (Wildman–Crippen MR) is 93.1 cm³/mol. The Balaban J connectivity index is 1.69. The van der Waals surface area contributed by atoms with E-state index in [-0.39, 0.29) is 48.1 Å². The van der Waals surface area contributed by atoms with E-state index in [2.05, 4.69) is 5.32 Å². The van der Waals surface area contributed by atoms with Crippen LogP contribution in [-0.2, 0) is 19.1 Å². The molecule has 2 atom stereocenters. The molecule has 26 heavy (non-hydrogen) atoms. The Hall–Kier alpha value is -2.96. The largest absolute Gasteiger partial charge is 0.462 e. The van der Waals surface area contributed by atoms with Gasteiger partial charge in [0.15, 0.2) is 0 Å². The van der Waals surface area contributed by atoms with E-state index in [4.69, 9.17) is 4.74 Å². The molecule has 1 heterocycles. The molecule has 0 unspecified atom stereocenters. The number of nitrogens with zero attached hydrogens (tertiary/aromatic N) is 1. The Kier molecular flexibility index (Phi) is 5.16. The summed E-state index contributed by atoms with van der Waals surface area (Å²) in [4.78, 5) is 50.2. The minimum atomic E-state index is -0.547. The van der Waals surface area contributed by atoms with Crippen LogP contribution in [0, 0.1) is 11.8 Å². The number of imide groups is 1. The van der Waals surface area contributed by atoms with Gasteiger partial charge in [-0.1, -0.05) is 24.3 Å². The minimum Gasteiger partial charge on any atom is -0.462 e. The summed E-state index contributed by atoms with van der Waals surface area (Å²) >= 11 is 0. The van der Waals surface area contributed by atoms with Gasteiger partial charge < -0.3 is 10.1 Å². The van der Waals surface area contributed by atoms with Gasteiger partial charge >= 0.3 is 5.97 Å². The quantitative estimate of drug-likeness (QED) is 0.493. The van der Waals surface area contributed by atoms with Crippen molar-refractivity contribution in [2.75, 3.05) is 18.5 Å². The van der Waals surface area contributed by atoms with Crippen molar-refractivity contribution in [1.82, 2.24) is 4.90 Å². The third kappa shape index (κ3) is 3.37. The molecule has 0 aromatic heterocycles. The zero-order chi connectivity index (χ0) is 18.7. The van der Waals surface area contributed by atoms with E-state index in [1.807, 2.05) is 12.2 Å². The highest BCUT2D eigenvalue weighted by atomic mass is 16.5. The van der Waals surface area contributed by atoms with Crippen LogP contribution >= 0.6 is 0 Å². The van der Waals surface area contributed by atoms with Crippen molar-refractivity contribution in [3.63, 3.8) is 0 Å². The van der Waals surface area contributed by atoms with Crippen LogP contribution in [0.15, 0.2) is 36.4 Å². The zero-order valence-electron chi connectivity index (χ0n) is 14.4. The van der Waals surface area contributed by atoms with Crippen LogP contribution < -0.4 is 5.32 Å². The number of carbonyl (C=O) groups is 4. The second kappa shape index (κ2) is 7.51. The number of nitrogens with one attached hydrogen (secondary N) is 1. The number of hydrogen-bond acceptors (Lipinski definition) is 5. The summed E-state index contributed by atoms with van der Waals surface area (Å²) in [7, 11) is 0. The Morgan fingerprint density at radius 1 is 1.12 bits per heavy atom. The molecule has 1 aromatic carbocycles. The lowest BCUT2D eigenvalue weighted by Gasteiger charge is -2.15. The second-order valence-corrected chi connectivity index (χ2v) is 6.23. The Morgan fingerprint density at radius 2 is 1.73 bits per heavy atom. The summed E-state index contributed by atoms with van der Waals surface area (Å²) in [5.74, 6) is -2.43. The number of esters is 1.